The molecule has 0 atom stereocenters. The van der Waals surface area contributed by atoms with E-state index in [4.69, 9.17) is 4.74 Å². The quantitative estimate of drug-likeness (QED) is 0.533. The molecule has 0 aliphatic heterocycles. The Labute approximate surface area is 107 Å². The molecule has 1 rings (SSSR count). The number of nitrogens with one attached hydrogen (secondary N) is 2. The van der Waals surface area contributed by atoms with Crippen molar-refractivity contribution in [3.8, 4) is 5.75 Å². The number of rotatable bonds is 8. The maximum Gasteiger partial charge on any atom is 0.251 e. The zero-order chi connectivity index (χ0) is 13.2. The minimum absolute atomic E-state index is 0.136. The Morgan fingerprint density at radius 3 is 2.94 bits per heavy atom. The molecule has 0 heterocycles. The van der Waals surface area contributed by atoms with Crippen LogP contribution in [-0.4, -0.2) is 32.0 Å². The normalized spacial score (nSPS) is 9.61. The van der Waals surface area contributed by atoms with Gasteiger partial charge in [-0.25, -0.2) is 0 Å². The van der Waals surface area contributed by atoms with Gasteiger partial charge >= 0.3 is 0 Å². The lowest BCUT2D eigenvalue weighted by Gasteiger charge is -2.07. The average Bonchev–Trinajstić information content (AvgIpc) is 2.39. The molecule has 0 aromatic heterocycles. The SMILES string of the molecule is CCOc1cccc(C(=O)NCCCNC=O)c1. The Morgan fingerprint density at radius 1 is 1.39 bits per heavy atom. The molecular formula is C13H18N2O3. The van der Waals surface area contributed by atoms with Crippen molar-refractivity contribution in [2.75, 3.05) is 19.7 Å². The van der Waals surface area contributed by atoms with Crippen LogP contribution < -0.4 is 15.4 Å². The zero-order valence-electron chi connectivity index (χ0n) is 10.4. The van der Waals surface area contributed by atoms with Crippen molar-refractivity contribution in [3.63, 3.8) is 0 Å². The van der Waals surface area contributed by atoms with E-state index in [0.29, 0.717) is 43.8 Å². The highest BCUT2D eigenvalue weighted by Gasteiger charge is 2.05. The smallest absolute Gasteiger partial charge is 0.251 e. The van der Waals surface area contributed by atoms with E-state index < -0.39 is 0 Å². The topological polar surface area (TPSA) is 67.4 Å². The van der Waals surface area contributed by atoms with E-state index >= 15 is 0 Å². The van der Waals surface area contributed by atoms with E-state index in [1.165, 1.54) is 0 Å². The van der Waals surface area contributed by atoms with E-state index in [2.05, 4.69) is 10.6 Å². The van der Waals surface area contributed by atoms with Crippen LogP contribution in [0.15, 0.2) is 24.3 Å². The first-order valence-electron chi connectivity index (χ1n) is 5.96. The molecule has 1 aromatic carbocycles. The van der Waals surface area contributed by atoms with E-state index in [-0.39, 0.29) is 5.91 Å². The summed E-state index contributed by atoms with van der Waals surface area (Å²) in [4.78, 5) is 21.8. The summed E-state index contributed by atoms with van der Waals surface area (Å²) < 4.78 is 5.33. The maximum atomic E-state index is 11.8. The summed E-state index contributed by atoms with van der Waals surface area (Å²) >= 11 is 0. The number of carbonyl (C=O) groups is 2. The lowest BCUT2D eigenvalue weighted by atomic mass is 10.2. The van der Waals surface area contributed by atoms with Crippen LogP contribution in [0.4, 0.5) is 0 Å². The van der Waals surface area contributed by atoms with Crippen molar-refractivity contribution in [1.29, 1.82) is 0 Å². The molecule has 0 unspecified atom stereocenters. The number of carbonyl (C=O) groups excluding carboxylic acids is 2. The number of ether oxygens (including phenoxy) is 1. The van der Waals surface area contributed by atoms with Crippen molar-refractivity contribution >= 4 is 12.3 Å². The van der Waals surface area contributed by atoms with Gasteiger partial charge in [0.2, 0.25) is 6.41 Å². The van der Waals surface area contributed by atoms with Gasteiger partial charge in [0.15, 0.2) is 0 Å². The molecule has 1 aromatic rings. The summed E-state index contributed by atoms with van der Waals surface area (Å²) in [6.07, 6.45) is 1.35. The molecule has 18 heavy (non-hydrogen) atoms. The first-order chi connectivity index (χ1) is 8.77. The van der Waals surface area contributed by atoms with Crippen LogP contribution in [0.25, 0.3) is 0 Å². The molecule has 2 N–H and O–H groups in total. The van der Waals surface area contributed by atoms with Crippen LogP contribution in [0.1, 0.15) is 23.7 Å². The fourth-order valence-electron chi connectivity index (χ4n) is 1.45. The van der Waals surface area contributed by atoms with Crippen LogP contribution in [0.5, 0.6) is 5.75 Å². The van der Waals surface area contributed by atoms with E-state index in [0.717, 1.165) is 0 Å². The molecule has 0 aliphatic rings. The lowest BCUT2D eigenvalue weighted by molar-refractivity contribution is -0.109. The summed E-state index contributed by atoms with van der Waals surface area (Å²) in [6.45, 7) is 3.55. The van der Waals surface area contributed by atoms with Crippen LogP contribution >= 0.6 is 0 Å². The minimum atomic E-state index is -0.136. The largest absolute Gasteiger partial charge is 0.494 e. The number of hydrogen-bond donors (Lipinski definition) is 2. The Hall–Kier alpha value is -2.04. The zero-order valence-corrected chi connectivity index (χ0v) is 10.4. The van der Waals surface area contributed by atoms with Crippen LogP contribution in [-0.2, 0) is 4.79 Å². The first-order valence-corrected chi connectivity index (χ1v) is 5.96. The third kappa shape index (κ3) is 4.86. The average molecular weight is 250 g/mol. The standard InChI is InChI=1S/C13H18N2O3/c1-2-18-12-6-3-5-11(9-12)13(17)15-8-4-7-14-10-16/h3,5-6,9-10H,2,4,7-8H2,1H3,(H,14,16)(H,15,17). The van der Waals surface area contributed by atoms with Gasteiger partial charge in [-0.1, -0.05) is 6.07 Å². The molecule has 0 radical (unpaired) electrons. The van der Waals surface area contributed by atoms with E-state index in [1.54, 1.807) is 18.2 Å². The van der Waals surface area contributed by atoms with Crippen molar-refractivity contribution in [2.24, 2.45) is 0 Å². The molecule has 0 saturated carbocycles. The van der Waals surface area contributed by atoms with Gasteiger partial charge in [0.05, 0.1) is 6.61 Å². The van der Waals surface area contributed by atoms with Crippen LogP contribution in [0, 0.1) is 0 Å². The number of amides is 2. The van der Waals surface area contributed by atoms with E-state index in [1.807, 2.05) is 13.0 Å². The molecule has 5 heteroatoms. The summed E-state index contributed by atoms with van der Waals surface area (Å²) in [5, 5.41) is 5.31. The Kier molecular flexibility index (Phi) is 6.32. The highest BCUT2D eigenvalue weighted by molar-refractivity contribution is 5.94. The predicted molar refractivity (Wildman–Crippen MR) is 68.6 cm³/mol. The second kappa shape index (κ2) is 8.11. The van der Waals surface area contributed by atoms with Crippen LogP contribution in [0.3, 0.4) is 0 Å². The molecular weight excluding hydrogens is 232 g/mol. The second-order valence-electron chi connectivity index (χ2n) is 3.64. The Morgan fingerprint density at radius 2 is 2.22 bits per heavy atom. The second-order valence-corrected chi connectivity index (χ2v) is 3.64. The van der Waals surface area contributed by atoms with Gasteiger partial charge in [-0.15, -0.1) is 0 Å². The Balaban J connectivity index is 2.40. The van der Waals surface area contributed by atoms with Gasteiger partial charge in [-0.05, 0) is 31.5 Å². The predicted octanol–water partition coefficient (Wildman–Crippen LogP) is 0.951. The van der Waals surface area contributed by atoms with Crippen molar-refractivity contribution in [2.45, 2.75) is 13.3 Å². The molecule has 0 bridgehead atoms. The third-order valence-electron chi connectivity index (χ3n) is 2.27. The lowest BCUT2D eigenvalue weighted by Crippen LogP contribution is -2.27. The summed E-state index contributed by atoms with van der Waals surface area (Å²) in [6, 6.07) is 7.05. The summed E-state index contributed by atoms with van der Waals surface area (Å²) in [5.74, 6) is 0.551. The van der Waals surface area contributed by atoms with Crippen molar-refractivity contribution in [3.05, 3.63) is 29.8 Å². The van der Waals surface area contributed by atoms with Gasteiger partial charge in [-0.3, -0.25) is 9.59 Å². The molecule has 0 aliphatic carbocycles. The maximum absolute atomic E-state index is 11.8. The third-order valence-corrected chi connectivity index (χ3v) is 2.27. The molecule has 0 fully saturated rings. The van der Waals surface area contributed by atoms with Crippen molar-refractivity contribution < 1.29 is 14.3 Å². The van der Waals surface area contributed by atoms with Crippen LogP contribution in [0.2, 0.25) is 0 Å². The molecule has 98 valence electrons. The van der Waals surface area contributed by atoms with Crippen molar-refractivity contribution in [1.82, 2.24) is 10.6 Å². The van der Waals surface area contributed by atoms with Gasteiger partial charge < -0.3 is 15.4 Å². The fourth-order valence-corrected chi connectivity index (χ4v) is 1.45. The highest BCUT2D eigenvalue weighted by Crippen LogP contribution is 2.12. The van der Waals surface area contributed by atoms with Gasteiger partial charge in [0, 0.05) is 18.7 Å². The first kappa shape index (κ1) is 14.0. The molecule has 2 amide bonds. The number of benzene rings is 1. The molecule has 5 nitrogen and oxygen atoms in total. The summed E-state index contributed by atoms with van der Waals surface area (Å²) in [5.41, 5.74) is 0.573. The van der Waals surface area contributed by atoms with E-state index in [9.17, 15) is 9.59 Å². The minimum Gasteiger partial charge on any atom is -0.494 e. The Bertz CT molecular complexity index is 394. The number of hydrogen-bond acceptors (Lipinski definition) is 3. The molecule has 0 saturated heterocycles. The fraction of sp³-hybridized carbons (Fsp3) is 0.385. The van der Waals surface area contributed by atoms with Gasteiger partial charge in [-0.2, -0.15) is 0 Å². The van der Waals surface area contributed by atoms with Gasteiger partial charge in [0.1, 0.15) is 5.75 Å². The monoisotopic (exact) mass is 250 g/mol. The summed E-state index contributed by atoms with van der Waals surface area (Å²) in [7, 11) is 0. The van der Waals surface area contributed by atoms with Gasteiger partial charge in [0.25, 0.3) is 5.91 Å². The highest BCUT2D eigenvalue weighted by atomic mass is 16.5. The molecule has 0 spiro atoms.